The minimum absolute atomic E-state index is 0.435. The molecule has 2 aromatic rings. The maximum atomic E-state index is 5.45. The van der Waals surface area contributed by atoms with E-state index in [2.05, 4.69) is 41.1 Å². The Kier molecular flexibility index (Phi) is 4.10. The average molecular weight is 351 g/mol. The van der Waals surface area contributed by atoms with Crippen molar-refractivity contribution in [3.8, 4) is 0 Å². The van der Waals surface area contributed by atoms with Gasteiger partial charge in [-0.2, -0.15) is 0 Å². The van der Waals surface area contributed by atoms with Gasteiger partial charge in [0.25, 0.3) is 0 Å². The predicted molar refractivity (Wildman–Crippen MR) is 99.0 cm³/mol. The van der Waals surface area contributed by atoms with Crippen LogP contribution in [-0.4, -0.2) is 52.2 Å². The molecule has 0 saturated carbocycles. The Hall–Kier alpha value is -2.05. The third-order valence-corrected chi connectivity index (χ3v) is 5.90. The van der Waals surface area contributed by atoms with Gasteiger partial charge in [0.1, 0.15) is 0 Å². The highest BCUT2D eigenvalue weighted by atomic mass is 16.5. The second-order valence-corrected chi connectivity index (χ2v) is 7.57. The lowest BCUT2D eigenvalue weighted by Crippen LogP contribution is -2.40. The Labute approximate surface area is 154 Å². The van der Waals surface area contributed by atoms with Gasteiger partial charge in [0.2, 0.25) is 5.95 Å². The normalized spacial score (nSPS) is 25.3. The van der Waals surface area contributed by atoms with Gasteiger partial charge in [-0.15, -0.1) is 0 Å². The number of aromatic nitrogens is 3. The Morgan fingerprint density at radius 3 is 2.88 bits per heavy atom. The Bertz CT molecular complexity index is 805. The minimum atomic E-state index is 0.435. The van der Waals surface area contributed by atoms with Crippen LogP contribution in [0.4, 0.5) is 5.95 Å². The number of nitrogens with zero attached hydrogens (tertiary/aromatic N) is 5. The standard InChI is InChI=1S/C20H25N5O/c1-14-3-2-4-15(22-14)13-25-16-5-6-19(25)17-12-21-20(23-18(17)11-16)24-7-9-26-10-8-24/h2-4,12,16,19H,5-11,13H2,1H3. The summed E-state index contributed by atoms with van der Waals surface area (Å²) in [6, 6.07) is 7.31. The molecule has 26 heavy (non-hydrogen) atoms. The summed E-state index contributed by atoms with van der Waals surface area (Å²) in [5.74, 6) is 0.875. The second kappa shape index (κ2) is 6.59. The molecule has 0 radical (unpaired) electrons. The lowest BCUT2D eigenvalue weighted by atomic mass is 9.99. The summed E-state index contributed by atoms with van der Waals surface area (Å²) in [6.45, 7) is 6.28. The van der Waals surface area contributed by atoms with Crippen LogP contribution >= 0.6 is 0 Å². The number of anilines is 1. The molecule has 2 saturated heterocycles. The molecule has 6 heteroatoms. The molecule has 3 aliphatic heterocycles. The van der Waals surface area contributed by atoms with Crippen LogP contribution in [0, 0.1) is 6.92 Å². The van der Waals surface area contributed by atoms with E-state index in [1.54, 1.807) is 0 Å². The molecular formula is C20H25N5O. The first-order chi connectivity index (χ1) is 12.8. The minimum Gasteiger partial charge on any atom is -0.378 e. The molecule has 2 fully saturated rings. The zero-order valence-corrected chi connectivity index (χ0v) is 15.3. The topological polar surface area (TPSA) is 54.4 Å². The zero-order chi connectivity index (χ0) is 17.5. The SMILES string of the molecule is Cc1cccc(CN2C3CCC2c2cnc(N4CCOCC4)nc2C3)n1. The predicted octanol–water partition coefficient (Wildman–Crippen LogP) is 2.28. The smallest absolute Gasteiger partial charge is 0.225 e. The molecule has 6 nitrogen and oxygen atoms in total. The third kappa shape index (κ3) is 2.87. The Balaban J connectivity index is 1.40. The summed E-state index contributed by atoms with van der Waals surface area (Å²) in [4.78, 5) is 19.2. The highest BCUT2D eigenvalue weighted by Crippen LogP contribution is 2.43. The van der Waals surface area contributed by atoms with Crippen molar-refractivity contribution >= 4 is 5.95 Å². The maximum Gasteiger partial charge on any atom is 0.225 e. The third-order valence-electron chi connectivity index (χ3n) is 5.90. The second-order valence-electron chi connectivity index (χ2n) is 7.57. The van der Waals surface area contributed by atoms with Gasteiger partial charge >= 0.3 is 0 Å². The van der Waals surface area contributed by atoms with Crippen LogP contribution in [0.25, 0.3) is 0 Å². The van der Waals surface area contributed by atoms with Gasteiger partial charge in [0.05, 0.1) is 24.6 Å². The summed E-state index contributed by atoms with van der Waals surface area (Å²) >= 11 is 0. The van der Waals surface area contributed by atoms with Gasteiger partial charge in [-0.3, -0.25) is 9.88 Å². The number of fused-ring (bicyclic) bond motifs is 4. The van der Waals surface area contributed by atoms with Crippen molar-refractivity contribution in [3.63, 3.8) is 0 Å². The van der Waals surface area contributed by atoms with E-state index in [4.69, 9.17) is 19.7 Å². The molecule has 2 atom stereocenters. The van der Waals surface area contributed by atoms with E-state index >= 15 is 0 Å². The number of ether oxygens (including phenoxy) is 1. The van der Waals surface area contributed by atoms with Crippen LogP contribution in [0.15, 0.2) is 24.4 Å². The number of aryl methyl sites for hydroxylation is 1. The van der Waals surface area contributed by atoms with E-state index < -0.39 is 0 Å². The van der Waals surface area contributed by atoms with E-state index in [1.807, 2.05) is 0 Å². The van der Waals surface area contributed by atoms with Crippen LogP contribution in [0.5, 0.6) is 0 Å². The van der Waals surface area contributed by atoms with Crippen molar-refractivity contribution in [2.24, 2.45) is 0 Å². The summed E-state index contributed by atoms with van der Waals surface area (Å²) in [6.07, 6.45) is 5.54. The molecule has 0 amide bonds. The van der Waals surface area contributed by atoms with Gasteiger partial charge in [-0.05, 0) is 31.9 Å². The fourth-order valence-electron chi connectivity index (χ4n) is 4.60. The molecular weight excluding hydrogens is 326 g/mol. The molecule has 0 N–H and O–H groups in total. The highest BCUT2D eigenvalue weighted by molar-refractivity contribution is 5.37. The zero-order valence-electron chi connectivity index (χ0n) is 15.3. The van der Waals surface area contributed by atoms with Crippen LogP contribution in [0.2, 0.25) is 0 Å². The van der Waals surface area contributed by atoms with Crippen LogP contribution < -0.4 is 4.90 Å². The Morgan fingerprint density at radius 1 is 1.15 bits per heavy atom. The van der Waals surface area contributed by atoms with Gasteiger partial charge in [-0.25, -0.2) is 9.97 Å². The van der Waals surface area contributed by atoms with Gasteiger partial charge in [0.15, 0.2) is 0 Å². The molecule has 3 aliphatic rings. The van der Waals surface area contributed by atoms with Crippen molar-refractivity contribution in [2.75, 3.05) is 31.2 Å². The molecule has 5 rings (SSSR count). The van der Waals surface area contributed by atoms with Gasteiger partial charge in [-0.1, -0.05) is 6.07 Å². The van der Waals surface area contributed by atoms with E-state index in [-0.39, 0.29) is 0 Å². The number of rotatable bonds is 3. The largest absolute Gasteiger partial charge is 0.378 e. The maximum absolute atomic E-state index is 5.45. The van der Waals surface area contributed by atoms with E-state index in [1.165, 1.54) is 24.1 Å². The molecule has 2 aromatic heterocycles. The van der Waals surface area contributed by atoms with Crippen molar-refractivity contribution in [1.29, 1.82) is 0 Å². The van der Waals surface area contributed by atoms with Crippen molar-refractivity contribution in [1.82, 2.24) is 19.9 Å². The van der Waals surface area contributed by atoms with Crippen molar-refractivity contribution in [3.05, 3.63) is 47.0 Å². The number of hydrogen-bond donors (Lipinski definition) is 0. The number of morpholine rings is 1. The van der Waals surface area contributed by atoms with Crippen LogP contribution in [-0.2, 0) is 17.7 Å². The quantitative estimate of drug-likeness (QED) is 0.846. The van der Waals surface area contributed by atoms with Gasteiger partial charge in [0, 0.05) is 55.6 Å². The summed E-state index contributed by atoms with van der Waals surface area (Å²) in [7, 11) is 0. The fraction of sp³-hybridized carbons (Fsp3) is 0.550. The van der Waals surface area contributed by atoms with Crippen LogP contribution in [0.3, 0.4) is 0 Å². The molecule has 0 aliphatic carbocycles. The molecule has 2 unspecified atom stereocenters. The van der Waals surface area contributed by atoms with E-state index in [9.17, 15) is 0 Å². The summed E-state index contributed by atoms with van der Waals surface area (Å²) < 4.78 is 5.45. The first kappa shape index (κ1) is 16.1. The molecule has 5 heterocycles. The van der Waals surface area contributed by atoms with Crippen molar-refractivity contribution < 1.29 is 4.74 Å². The lowest BCUT2D eigenvalue weighted by Gasteiger charge is -2.36. The summed E-state index contributed by atoms with van der Waals surface area (Å²) in [5.41, 5.74) is 4.83. The fourth-order valence-corrected chi connectivity index (χ4v) is 4.60. The average Bonchev–Trinajstić information content (AvgIpc) is 2.94. The lowest BCUT2D eigenvalue weighted by molar-refractivity contribution is 0.122. The first-order valence-electron chi connectivity index (χ1n) is 9.65. The summed E-state index contributed by atoms with van der Waals surface area (Å²) in [5, 5.41) is 0. The Morgan fingerprint density at radius 2 is 2.04 bits per heavy atom. The highest BCUT2D eigenvalue weighted by Gasteiger charge is 2.41. The number of hydrogen-bond acceptors (Lipinski definition) is 6. The molecule has 2 bridgehead atoms. The number of pyridine rings is 1. The van der Waals surface area contributed by atoms with E-state index in [0.29, 0.717) is 12.1 Å². The van der Waals surface area contributed by atoms with E-state index in [0.717, 1.165) is 56.6 Å². The monoisotopic (exact) mass is 351 g/mol. The van der Waals surface area contributed by atoms with Gasteiger partial charge < -0.3 is 9.64 Å². The molecule has 0 aromatic carbocycles. The van der Waals surface area contributed by atoms with Crippen molar-refractivity contribution in [2.45, 2.75) is 44.8 Å². The molecule has 136 valence electrons. The first-order valence-corrected chi connectivity index (χ1v) is 9.65. The van der Waals surface area contributed by atoms with Crippen LogP contribution in [0.1, 0.15) is 41.5 Å². The molecule has 0 spiro atoms.